The molecule has 12 heteroatoms. The van der Waals surface area contributed by atoms with E-state index < -0.39 is 22.9 Å². The van der Waals surface area contributed by atoms with E-state index in [4.69, 9.17) is 16.3 Å². The lowest BCUT2D eigenvalue weighted by molar-refractivity contribution is -0.137. The van der Waals surface area contributed by atoms with Gasteiger partial charge < -0.3 is 10.1 Å². The van der Waals surface area contributed by atoms with E-state index in [0.29, 0.717) is 23.9 Å². The molecule has 2 heterocycles. The summed E-state index contributed by atoms with van der Waals surface area (Å²) in [6.45, 7) is 1.12. The molecular formula is C21H19ClF3N5O2S. The van der Waals surface area contributed by atoms with Crippen LogP contribution in [0.1, 0.15) is 29.2 Å². The van der Waals surface area contributed by atoms with E-state index in [0.717, 1.165) is 42.8 Å². The largest absolute Gasteiger partial charge is 0.416 e. The zero-order valence-electron chi connectivity index (χ0n) is 17.1. The number of benzene rings is 2. The zero-order chi connectivity index (χ0) is 23.4. The SMILES string of the molecule is O=C(Nc1cc(C(F)(F)F)ccc1Cl)[C@H](Sc1nnnn1C[C@@H]1CCCO1)c1ccccc1. The normalized spacial score (nSPS) is 17.2. The predicted octanol–water partition coefficient (Wildman–Crippen LogP) is 5.00. The maximum atomic E-state index is 13.2. The summed E-state index contributed by atoms with van der Waals surface area (Å²) in [5, 5.41) is 13.8. The fourth-order valence-corrected chi connectivity index (χ4v) is 4.53. The van der Waals surface area contributed by atoms with E-state index in [9.17, 15) is 18.0 Å². The second kappa shape index (κ2) is 10.1. The Hall–Kier alpha value is -2.63. The van der Waals surface area contributed by atoms with Crippen LogP contribution in [0.15, 0.2) is 53.7 Å². The molecule has 1 aliphatic heterocycles. The molecule has 7 nitrogen and oxygen atoms in total. The summed E-state index contributed by atoms with van der Waals surface area (Å²) in [5.41, 5.74) is -0.404. The van der Waals surface area contributed by atoms with Gasteiger partial charge in [-0.25, -0.2) is 4.68 Å². The van der Waals surface area contributed by atoms with E-state index in [1.165, 1.54) is 0 Å². The van der Waals surface area contributed by atoms with Gasteiger partial charge >= 0.3 is 6.18 Å². The van der Waals surface area contributed by atoms with Crippen LogP contribution < -0.4 is 5.32 Å². The van der Waals surface area contributed by atoms with Crippen LogP contribution in [0.3, 0.4) is 0 Å². The summed E-state index contributed by atoms with van der Waals surface area (Å²) in [5.74, 6) is -0.556. The Kier molecular flexibility index (Phi) is 7.20. The van der Waals surface area contributed by atoms with Crippen LogP contribution in [0, 0.1) is 0 Å². The molecule has 1 aromatic heterocycles. The molecule has 0 spiro atoms. The Morgan fingerprint density at radius 1 is 1.27 bits per heavy atom. The number of nitrogens with one attached hydrogen (secondary N) is 1. The first-order valence-corrected chi connectivity index (χ1v) is 11.3. The maximum absolute atomic E-state index is 13.2. The Labute approximate surface area is 196 Å². The minimum atomic E-state index is -4.57. The Morgan fingerprint density at radius 3 is 2.76 bits per heavy atom. The van der Waals surface area contributed by atoms with Gasteiger partial charge in [0.05, 0.1) is 28.9 Å². The van der Waals surface area contributed by atoms with Gasteiger partial charge in [0.1, 0.15) is 5.25 Å². The number of tetrazole rings is 1. The van der Waals surface area contributed by atoms with Gasteiger partial charge in [0, 0.05) is 6.61 Å². The molecule has 0 radical (unpaired) electrons. The first kappa shape index (κ1) is 23.5. The highest BCUT2D eigenvalue weighted by Crippen LogP contribution is 2.37. The first-order chi connectivity index (χ1) is 15.8. The molecule has 1 fully saturated rings. The highest BCUT2D eigenvalue weighted by molar-refractivity contribution is 8.00. The smallest absolute Gasteiger partial charge is 0.376 e. The Bertz CT molecular complexity index is 1110. The number of ether oxygens (including phenoxy) is 1. The van der Waals surface area contributed by atoms with Crippen molar-refractivity contribution in [3.05, 3.63) is 64.7 Å². The fourth-order valence-electron chi connectivity index (χ4n) is 3.38. The van der Waals surface area contributed by atoms with Gasteiger partial charge in [-0.05, 0) is 47.0 Å². The van der Waals surface area contributed by atoms with Crippen LogP contribution in [0.25, 0.3) is 0 Å². The summed E-state index contributed by atoms with van der Waals surface area (Å²) in [6, 6.07) is 11.6. The monoisotopic (exact) mass is 497 g/mol. The second-order valence-electron chi connectivity index (χ2n) is 7.37. The van der Waals surface area contributed by atoms with Crippen molar-refractivity contribution < 1.29 is 22.7 Å². The standard InChI is InChI=1S/C21H19ClF3N5O2S/c22-16-9-8-14(21(23,24)25)11-17(16)26-19(31)18(13-5-2-1-3-6-13)33-20-27-28-29-30(20)12-15-7-4-10-32-15/h1-3,5-6,8-9,11,15,18H,4,7,10,12H2,(H,26,31)/t15-,18+/m0/s1. The van der Waals surface area contributed by atoms with Crippen LogP contribution in [0.5, 0.6) is 0 Å². The number of alkyl halides is 3. The van der Waals surface area contributed by atoms with Gasteiger partial charge in [-0.3, -0.25) is 4.79 Å². The quantitative estimate of drug-likeness (QED) is 0.463. The molecule has 0 saturated carbocycles. The van der Waals surface area contributed by atoms with E-state index in [1.807, 2.05) is 0 Å². The van der Waals surface area contributed by atoms with E-state index in [1.54, 1.807) is 35.0 Å². The van der Waals surface area contributed by atoms with Gasteiger partial charge in [0.15, 0.2) is 0 Å². The molecule has 33 heavy (non-hydrogen) atoms. The number of nitrogens with zero attached hydrogens (tertiary/aromatic N) is 4. The molecule has 0 bridgehead atoms. The number of carbonyl (C=O) groups is 1. The van der Waals surface area contributed by atoms with Gasteiger partial charge in [-0.1, -0.05) is 53.7 Å². The predicted molar refractivity (Wildman–Crippen MR) is 117 cm³/mol. The third-order valence-electron chi connectivity index (χ3n) is 5.01. The van der Waals surface area contributed by atoms with Crippen LogP contribution in [-0.2, 0) is 22.3 Å². The number of halogens is 4. The number of anilines is 1. The topological polar surface area (TPSA) is 81.9 Å². The number of hydrogen-bond acceptors (Lipinski definition) is 6. The van der Waals surface area contributed by atoms with Gasteiger partial charge in [0.25, 0.3) is 0 Å². The lowest BCUT2D eigenvalue weighted by Gasteiger charge is -2.18. The summed E-state index contributed by atoms with van der Waals surface area (Å²) in [6.07, 6.45) is -2.73. The average Bonchev–Trinajstić information content (AvgIpc) is 3.46. The minimum absolute atomic E-state index is 0.00335. The van der Waals surface area contributed by atoms with Crippen LogP contribution in [0.4, 0.5) is 18.9 Å². The van der Waals surface area contributed by atoms with Gasteiger partial charge in [-0.15, -0.1) is 5.10 Å². The molecule has 2 aromatic carbocycles. The van der Waals surface area contributed by atoms with E-state index in [2.05, 4.69) is 20.8 Å². The van der Waals surface area contributed by atoms with Crippen molar-refractivity contribution in [3.63, 3.8) is 0 Å². The summed E-state index contributed by atoms with van der Waals surface area (Å²) < 4.78 is 46.6. The van der Waals surface area contributed by atoms with Crippen molar-refractivity contribution in [1.29, 1.82) is 0 Å². The first-order valence-electron chi connectivity index (χ1n) is 10.1. The van der Waals surface area contributed by atoms with E-state index in [-0.39, 0.29) is 16.8 Å². The zero-order valence-corrected chi connectivity index (χ0v) is 18.7. The molecule has 174 valence electrons. The molecule has 3 aromatic rings. The fraction of sp³-hybridized carbons (Fsp3) is 0.333. The Morgan fingerprint density at radius 2 is 2.06 bits per heavy atom. The molecular weight excluding hydrogens is 479 g/mol. The van der Waals surface area contributed by atoms with Crippen LogP contribution in [0.2, 0.25) is 5.02 Å². The average molecular weight is 498 g/mol. The third-order valence-corrected chi connectivity index (χ3v) is 6.57. The van der Waals surface area contributed by atoms with Crippen molar-refractivity contribution in [2.45, 2.75) is 42.1 Å². The molecule has 0 aliphatic carbocycles. The highest BCUT2D eigenvalue weighted by atomic mass is 35.5. The second-order valence-corrected chi connectivity index (χ2v) is 8.85. The lowest BCUT2D eigenvalue weighted by atomic mass is 10.1. The highest BCUT2D eigenvalue weighted by Gasteiger charge is 2.32. The van der Waals surface area contributed by atoms with Crippen molar-refractivity contribution in [1.82, 2.24) is 20.2 Å². The van der Waals surface area contributed by atoms with Gasteiger partial charge in [-0.2, -0.15) is 13.2 Å². The molecule has 1 saturated heterocycles. The number of thioether (sulfide) groups is 1. The minimum Gasteiger partial charge on any atom is -0.376 e. The molecule has 1 aliphatic rings. The molecule has 1 N–H and O–H groups in total. The number of carbonyl (C=O) groups excluding carboxylic acids is 1. The lowest BCUT2D eigenvalue weighted by Crippen LogP contribution is -2.21. The van der Waals surface area contributed by atoms with Gasteiger partial charge in [0.2, 0.25) is 11.1 Å². The van der Waals surface area contributed by atoms with Crippen molar-refractivity contribution >= 4 is 35.0 Å². The molecule has 0 unspecified atom stereocenters. The number of hydrogen-bond donors (Lipinski definition) is 1. The summed E-state index contributed by atoms with van der Waals surface area (Å²) in [7, 11) is 0. The number of aromatic nitrogens is 4. The van der Waals surface area contributed by atoms with Crippen molar-refractivity contribution in [3.8, 4) is 0 Å². The third kappa shape index (κ3) is 5.84. The summed E-state index contributed by atoms with van der Waals surface area (Å²) in [4.78, 5) is 13.2. The van der Waals surface area contributed by atoms with E-state index >= 15 is 0 Å². The summed E-state index contributed by atoms with van der Waals surface area (Å²) >= 11 is 7.16. The van der Waals surface area contributed by atoms with Crippen LogP contribution >= 0.6 is 23.4 Å². The van der Waals surface area contributed by atoms with Crippen molar-refractivity contribution in [2.24, 2.45) is 0 Å². The molecule has 2 atom stereocenters. The molecule has 1 amide bonds. The van der Waals surface area contributed by atoms with Crippen LogP contribution in [-0.4, -0.2) is 38.8 Å². The Balaban J connectivity index is 1.59. The maximum Gasteiger partial charge on any atom is 0.416 e. The van der Waals surface area contributed by atoms with Crippen molar-refractivity contribution in [2.75, 3.05) is 11.9 Å². The number of amides is 1. The molecule has 4 rings (SSSR count). The number of rotatable bonds is 7.